The van der Waals surface area contributed by atoms with Crippen LogP contribution in [0, 0.1) is 0 Å². The highest BCUT2D eigenvalue weighted by atomic mass is 32.2. The third-order valence-corrected chi connectivity index (χ3v) is 5.02. The molecule has 0 fully saturated rings. The summed E-state index contributed by atoms with van der Waals surface area (Å²) in [6.45, 7) is 2.07. The van der Waals surface area contributed by atoms with Gasteiger partial charge in [0.25, 0.3) is 0 Å². The number of fused-ring (bicyclic) bond motifs is 1. The van der Waals surface area contributed by atoms with Crippen LogP contribution in [-0.4, -0.2) is 20.7 Å². The largest absolute Gasteiger partial charge is 0.416 e. The Bertz CT molecular complexity index is 938. The van der Waals surface area contributed by atoms with Crippen LogP contribution in [0.5, 0.6) is 0 Å². The molecule has 4 nitrogen and oxygen atoms in total. The maximum absolute atomic E-state index is 13.0. The lowest BCUT2D eigenvalue weighted by atomic mass is 10.2. The Kier molecular flexibility index (Phi) is 4.95. The molecular weight excluding hydrogens is 363 g/mol. The summed E-state index contributed by atoms with van der Waals surface area (Å²) < 4.78 is 40.8. The summed E-state index contributed by atoms with van der Waals surface area (Å²) >= 11 is 1.13. The Morgan fingerprint density at radius 2 is 1.92 bits per heavy atom. The van der Waals surface area contributed by atoms with Crippen molar-refractivity contribution in [2.45, 2.75) is 30.1 Å². The number of primary amides is 1. The number of nitrogens with two attached hydrogens (primary N) is 1. The molecule has 0 unspecified atom stereocenters. The smallest absolute Gasteiger partial charge is 0.369 e. The molecule has 2 aromatic carbocycles. The number of hydrogen-bond acceptors (Lipinski definition) is 3. The van der Waals surface area contributed by atoms with Gasteiger partial charge in [0.1, 0.15) is 0 Å². The maximum Gasteiger partial charge on any atom is 0.416 e. The Morgan fingerprint density at radius 3 is 2.54 bits per heavy atom. The van der Waals surface area contributed by atoms with Crippen LogP contribution in [0.4, 0.5) is 13.2 Å². The SMILES string of the molecule is C[C@@H](Sc1nc2cc(C(F)(F)F)ccc2n1Cc1ccccc1)C(N)=O. The second-order valence-corrected chi connectivity index (χ2v) is 7.14. The molecule has 0 saturated heterocycles. The van der Waals surface area contributed by atoms with Crippen LogP contribution in [0.15, 0.2) is 53.7 Å². The number of hydrogen-bond donors (Lipinski definition) is 1. The van der Waals surface area contributed by atoms with Crippen molar-refractivity contribution >= 4 is 28.7 Å². The fourth-order valence-electron chi connectivity index (χ4n) is 2.51. The summed E-state index contributed by atoms with van der Waals surface area (Å²) in [5, 5.41) is -0.0992. The van der Waals surface area contributed by atoms with Crippen molar-refractivity contribution in [1.82, 2.24) is 9.55 Å². The number of nitrogens with zero attached hydrogens (tertiary/aromatic N) is 2. The second kappa shape index (κ2) is 7.03. The zero-order valence-corrected chi connectivity index (χ0v) is 14.6. The molecule has 8 heteroatoms. The first-order chi connectivity index (χ1) is 12.3. The van der Waals surface area contributed by atoms with Gasteiger partial charge in [0.2, 0.25) is 5.91 Å². The van der Waals surface area contributed by atoms with Crippen LogP contribution in [-0.2, 0) is 17.5 Å². The van der Waals surface area contributed by atoms with Gasteiger partial charge in [-0.1, -0.05) is 42.1 Å². The lowest BCUT2D eigenvalue weighted by Crippen LogP contribution is -2.23. The number of carbonyl (C=O) groups excluding carboxylic acids is 1. The zero-order chi connectivity index (χ0) is 18.9. The predicted molar refractivity (Wildman–Crippen MR) is 94.8 cm³/mol. The molecule has 0 aliphatic heterocycles. The number of amides is 1. The molecule has 1 amide bonds. The van der Waals surface area contributed by atoms with Crippen LogP contribution in [0.25, 0.3) is 11.0 Å². The van der Waals surface area contributed by atoms with Crippen molar-refractivity contribution in [3.63, 3.8) is 0 Å². The van der Waals surface area contributed by atoms with E-state index in [2.05, 4.69) is 4.98 Å². The van der Waals surface area contributed by atoms with Crippen molar-refractivity contribution in [2.75, 3.05) is 0 Å². The lowest BCUT2D eigenvalue weighted by molar-refractivity contribution is -0.137. The standard InChI is InChI=1S/C18H16F3N3OS/c1-11(16(22)25)26-17-23-14-9-13(18(19,20)21)7-8-15(14)24(17)10-12-5-3-2-4-6-12/h2-9,11H,10H2,1H3,(H2,22,25)/t11-/m1/s1. The van der Waals surface area contributed by atoms with Gasteiger partial charge in [-0.2, -0.15) is 13.2 Å². The molecule has 0 aliphatic rings. The van der Waals surface area contributed by atoms with E-state index in [0.29, 0.717) is 17.2 Å². The van der Waals surface area contributed by atoms with Gasteiger partial charge in [0.15, 0.2) is 5.16 Å². The molecule has 3 rings (SSSR count). The van der Waals surface area contributed by atoms with Gasteiger partial charge in [-0.05, 0) is 30.7 Å². The number of aromatic nitrogens is 2. The van der Waals surface area contributed by atoms with Crippen LogP contribution < -0.4 is 5.73 Å². The molecule has 0 saturated carbocycles. The van der Waals surface area contributed by atoms with E-state index in [-0.39, 0.29) is 5.52 Å². The molecule has 1 heterocycles. The lowest BCUT2D eigenvalue weighted by Gasteiger charge is -2.11. The van der Waals surface area contributed by atoms with Crippen LogP contribution in [0.2, 0.25) is 0 Å². The molecule has 136 valence electrons. The summed E-state index contributed by atoms with van der Waals surface area (Å²) in [7, 11) is 0. The monoisotopic (exact) mass is 379 g/mol. The van der Waals surface area contributed by atoms with E-state index in [0.717, 1.165) is 29.5 Å². The quantitative estimate of drug-likeness (QED) is 0.680. The molecule has 1 aromatic heterocycles. The maximum atomic E-state index is 13.0. The van der Waals surface area contributed by atoms with E-state index in [1.54, 1.807) is 11.5 Å². The summed E-state index contributed by atoms with van der Waals surface area (Å²) in [5.74, 6) is -0.510. The third kappa shape index (κ3) is 3.85. The van der Waals surface area contributed by atoms with Gasteiger partial charge in [-0.15, -0.1) is 0 Å². The third-order valence-electron chi connectivity index (χ3n) is 3.91. The Balaban J connectivity index is 2.09. The minimum Gasteiger partial charge on any atom is -0.369 e. The molecule has 0 spiro atoms. The first kappa shape index (κ1) is 18.3. The highest BCUT2D eigenvalue weighted by Crippen LogP contribution is 2.34. The molecule has 2 N–H and O–H groups in total. The summed E-state index contributed by atoms with van der Waals surface area (Å²) in [6, 6.07) is 13.0. The highest BCUT2D eigenvalue weighted by Gasteiger charge is 2.31. The molecule has 0 aliphatic carbocycles. The number of thioether (sulfide) groups is 1. The number of halogens is 3. The minimum absolute atomic E-state index is 0.231. The average molecular weight is 379 g/mol. The van der Waals surface area contributed by atoms with Crippen molar-refractivity contribution in [2.24, 2.45) is 5.73 Å². The first-order valence-corrected chi connectivity index (χ1v) is 8.71. The van der Waals surface area contributed by atoms with Crippen LogP contribution in [0.1, 0.15) is 18.1 Å². The van der Waals surface area contributed by atoms with Crippen molar-refractivity contribution in [3.05, 3.63) is 59.7 Å². The summed E-state index contributed by atoms with van der Waals surface area (Å²) in [5.41, 5.74) is 6.33. The van der Waals surface area contributed by atoms with Crippen LogP contribution >= 0.6 is 11.8 Å². The van der Waals surface area contributed by atoms with Gasteiger partial charge in [0.05, 0.1) is 28.4 Å². The van der Waals surface area contributed by atoms with E-state index in [9.17, 15) is 18.0 Å². The van der Waals surface area contributed by atoms with E-state index in [1.807, 2.05) is 30.3 Å². The van der Waals surface area contributed by atoms with Crippen molar-refractivity contribution in [1.29, 1.82) is 0 Å². The van der Waals surface area contributed by atoms with Gasteiger partial charge >= 0.3 is 6.18 Å². The van der Waals surface area contributed by atoms with Gasteiger partial charge < -0.3 is 10.3 Å². The number of benzene rings is 2. The van der Waals surface area contributed by atoms with E-state index >= 15 is 0 Å². The molecule has 1 atom stereocenters. The number of carbonyl (C=O) groups is 1. The molecule has 26 heavy (non-hydrogen) atoms. The molecule has 3 aromatic rings. The van der Waals surface area contributed by atoms with Gasteiger partial charge in [-0.3, -0.25) is 4.79 Å². The van der Waals surface area contributed by atoms with E-state index < -0.39 is 22.9 Å². The fourth-order valence-corrected chi connectivity index (χ4v) is 3.38. The van der Waals surface area contributed by atoms with E-state index in [4.69, 9.17) is 5.73 Å². The molecular formula is C18H16F3N3OS. The average Bonchev–Trinajstić information content (AvgIpc) is 2.91. The zero-order valence-electron chi connectivity index (χ0n) is 13.8. The topological polar surface area (TPSA) is 60.9 Å². The van der Waals surface area contributed by atoms with Crippen LogP contribution in [0.3, 0.4) is 0 Å². The first-order valence-electron chi connectivity index (χ1n) is 7.83. The Labute approximate surface area is 152 Å². The Hall–Kier alpha value is -2.48. The summed E-state index contributed by atoms with van der Waals surface area (Å²) in [4.78, 5) is 15.7. The minimum atomic E-state index is -4.44. The number of rotatable bonds is 5. The fraction of sp³-hybridized carbons (Fsp3) is 0.222. The second-order valence-electron chi connectivity index (χ2n) is 5.83. The Morgan fingerprint density at radius 1 is 1.23 bits per heavy atom. The number of alkyl halides is 3. The summed E-state index contributed by atoms with van der Waals surface area (Å²) in [6.07, 6.45) is -4.44. The molecule has 0 radical (unpaired) electrons. The predicted octanol–water partition coefficient (Wildman–Crippen LogP) is 4.07. The van der Waals surface area contributed by atoms with E-state index in [1.165, 1.54) is 6.07 Å². The number of imidazole rings is 1. The van der Waals surface area contributed by atoms with Crippen molar-refractivity contribution in [3.8, 4) is 0 Å². The molecule has 0 bridgehead atoms. The van der Waals surface area contributed by atoms with Crippen molar-refractivity contribution < 1.29 is 18.0 Å². The van der Waals surface area contributed by atoms with Gasteiger partial charge in [-0.25, -0.2) is 4.98 Å². The highest BCUT2D eigenvalue weighted by molar-refractivity contribution is 8.00. The normalized spacial score (nSPS) is 13.1. The van der Waals surface area contributed by atoms with Gasteiger partial charge in [0, 0.05) is 0 Å².